The number of ether oxygens (including phenoxy) is 2. The number of carbonyl (C=O) groups excluding carboxylic acids is 5. The first kappa shape index (κ1) is 48.1. The number of allylic oxidation sites excluding steroid dienone is 1. The summed E-state index contributed by atoms with van der Waals surface area (Å²) in [5, 5.41) is 8.52. The van der Waals surface area contributed by atoms with Crippen LogP contribution in [-0.2, 0) is 29.1 Å². The van der Waals surface area contributed by atoms with Crippen molar-refractivity contribution in [2.24, 2.45) is 11.3 Å². The van der Waals surface area contributed by atoms with Gasteiger partial charge in [-0.15, -0.1) is 13.2 Å². The number of nitrogens with one attached hydrogen (secondary N) is 4. The maximum absolute atomic E-state index is 14.8. The average molecular weight is 882 g/mol. The quantitative estimate of drug-likeness (QED) is 0.0981. The summed E-state index contributed by atoms with van der Waals surface area (Å²) < 4.78 is 42.6. The van der Waals surface area contributed by atoms with Gasteiger partial charge in [-0.3, -0.25) is 28.5 Å². The van der Waals surface area contributed by atoms with Gasteiger partial charge in [0.25, 0.3) is 17.8 Å². The number of amides is 5. The maximum atomic E-state index is 14.8. The fourth-order valence-corrected chi connectivity index (χ4v) is 10.00. The van der Waals surface area contributed by atoms with Crippen molar-refractivity contribution in [3.05, 3.63) is 49.1 Å². The van der Waals surface area contributed by atoms with E-state index in [1.807, 2.05) is 31.4 Å². The fourth-order valence-electron chi connectivity index (χ4n) is 8.30. The van der Waals surface area contributed by atoms with Crippen LogP contribution in [0, 0.1) is 11.3 Å². The monoisotopic (exact) mass is 881 g/mol. The molecule has 5 atom stereocenters. The summed E-state index contributed by atoms with van der Waals surface area (Å²) >= 11 is 0. The number of hydrogen-bond acceptors (Lipinski definition) is 10. The molecule has 2 aromatic rings. The van der Waals surface area contributed by atoms with E-state index in [4.69, 9.17) is 14.5 Å². The lowest BCUT2D eigenvalue weighted by molar-refractivity contribution is -0.143. The lowest BCUT2D eigenvalue weighted by Gasteiger charge is -2.36. The van der Waals surface area contributed by atoms with Gasteiger partial charge in [0.05, 0.1) is 22.4 Å². The Kier molecular flexibility index (Phi) is 14.3. The van der Waals surface area contributed by atoms with Crippen LogP contribution in [0.25, 0.3) is 11.0 Å². The molecule has 62 heavy (non-hydrogen) atoms. The zero-order valence-corrected chi connectivity index (χ0v) is 38.7. The molecule has 0 spiro atoms. The van der Waals surface area contributed by atoms with E-state index in [1.54, 1.807) is 65.8 Å². The number of alkyl carbamates (subject to hydrolysis) is 1. The highest BCUT2D eigenvalue weighted by molar-refractivity contribution is 7.91. The third-order valence-electron chi connectivity index (χ3n) is 12.0. The zero-order valence-electron chi connectivity index (χ0n) is 37.9. The summed E-state index contributed by atoms with van der Waals surface area (Å²) in [5.74, 6) is -2.70. The minimum atomic E-state index is -4.07. The van der Waals surface area contributed by atoms with Crippen LogP contribution in [0.5, 0.6) is 6.01 Å². The van der Waals surface area contributed by atoms with Crippen LogP contribution in [0.1, 0.15) is 137 Å². The molecular weight excluding hydrogens is 815 g/mol. The average Bonchev–Trinajstić information content (AvgIpc) is 4.03. The number of fused-ring (bicyclic) bond motifs is 1. The Morgan fingerprint density at radius 2 is 1.71 bits per heavy atom. The predicted octanol–water partition coefficient (Wildman–Crippen LogP) is 5.83. The standard InChI is InChI=1S/C45H67N7O9S/c1-12-15-17-21-44(22-23-44)62(58,59)50-39(56)45(26-29(45)14-3)49-37(54)33-25-30(27-51(33)38(55)35(42(6,7)8)48-41(57)61-43(9,10)11)60-40-47-34-31(36(53)46-24-16-13-2)19-18-20-32(34)52(40)28(4)5/h12-13,18-20,28-30,33,35H,1-2,14-17,21-27H2,3-11H3,(H,46,53)(H,48,57)(H,49,54)(H,50,56)/t29-,30-,33+,35-,45-/m1/s1. The number of aromatic nitrogens is 2. The summed E-state index contributed by atoms with van der Waals surface area (Å²) in [5.41, 5.74) is -1.81. The molecule has 4 N–H and O–H groups in total. The number of carbonyl (C=O) groups is 5. The van der Waals surface area contributed by atoms with Crippen molar-refractivity contribution in [2.45, 2.75) is 160 Å². The Hall–Kier alpha value is -4.93. The van der Waals surface area contributed by atoms with E-state index in [0.29, 0.717) is 68.1 Å². The number of sulfonamides is 1. The van der Waals surface area contributed by atoms with Crippen molar-refractivity contribution in [1.82, 2.24) is 35.1 Å². The summed E-state index contributed by atoms with van der Waals surface area (Å²) in [6, 6.07) is 2.92. The smallest absolute Gasteiger partial charge is 0.408 e. The van der Waals surface area contributed by atoms with Crippen molar-refractivity contribution in [2.75, 3.05) is 13.1 Å². The lowest BCUT2D eigenvalue weighted by Crippen LogP contribution is -2.60. The summed E-state index contributed by atoms with van der Waals surface area (Å²) in [6.45, 7) is 23.9. The van der Waals surface area contributed by atoms with Crippen molar-refractivity contribution in [3.8, 4) is 6.01 Å². The molecule has 1 aliphatic heterocycles. The number of likely N-dealkylation sites (tertiary alicyclic amines) is 1. The molecule has 5 rings (SSSR count). The SMILES string of the molecule is C=CCCCC1(S(=O)(=O)NC(=O)[C@@]2(NC(=O)[C@@H]3C[C@@H](Oc4nc5c(C(=O)NCCC=C)cccc5n4C(C)C)CN3C(=O)[C@@H](NC(=O)OC(C)(C)C)C(C)(C)C)C[C@H]2CC)CC1. The van der Waals surface area contributed by atoms with Crippen LogP contribution in [0.4, 0.5) is 4.79 Å². The van der Waals surface area contributed by atoms with Gasteiger partial charge in [-0.25, -0.2) is 13.2 Å². The maximum Gasteiger partial charge on any atom is 0.408 e. The Balaban J connectivity index is 1.48. The van der Waals surface area contributed by atoms with Crippen molar-refractivity contribution < 1.29 is 41.9 Å². The van der Waals surface area contributed by atoms with Gasteiger partial charge in [-0.2, -0.15) is 4.98 Å². The van der Waals surface area contributed by atoms with Crippen molar-refractivity contribution in [1.29, 1.82) is 0 Å². The minimum Gasteiger partial charge on any atom is -0.459 e. The first-order valence-electron chi connectivity index (χ1n) is 21.8. The van der Waals surface area contributed by atoms with Crippen LogP contribution >= 0.6 is 0 Å². The van der Waals surface area contributed by atoms with E-state index >= 15 is 0 Å². The van der Waals surface area contributed by atoms with Gasteiger partial charge in [-0.05, 0) is 103 Å². The topological polar surface area (TPSA) is 207 Å². The van der Waals surface area contributed by atoms with Crippen LogP contribution in [0.15, 0.2) is 43.5 Å². The third kappa shape index (κ3) is 10.5. The van der Waals surface area contributed by atoms with Crippen molar-refractivity contribution >= 4 is 50.8 Å². The van der Waals surface area contributed by atoms with E-state index < -0.39 is 73.3 Å². The van der Waals surface area contributed by atoms with Crippen LogP contribution in [-0.4, -0.2) is 99.8 Å². The van der Waals surface area contributed by atoms with Gasteiger partial charge in [0, 0.05) is 19.0 Å². The van der Waals surface area contributed by atoms with E-state index in [0.717, 1.165) is 0 Å². The van der Waals surface area contributed by atoms with Crippen LogP contribution in [0.2, 0.25) is 0 Å². The molecule has 5 amide bonds. The normalized spacial score (nSPS) is 22.4. The second-order valence-corrected chi connectivity index (χ2v) is 21.4. The molecule has 2 heterocycles. The molecule has 1 aromatic carbocycles. The van der Waals surface area contributed by atoms with E-state index in [1.165, 1.54) is 4.90 Å². The molecule has 3 fully saturated rings. The van der Waals surface area contributed by atoms with Gasteiger partial charge in [-0.1, -0.05) is 52.3 Å². The first-order chi connectivity index (χ1) is 28.9. The molecule has 17 heteroatoms. The Morgan fingerprint density at radius 3 is 2.27 bits per heavy atom. The number of rotatable bonds is 19. The van der Waals surface area contributed by atoms with Gasteiger partial charge in [0.15, 0.2) is 0 Å². The number of imidazole rings is 1. The molecule has 2 aliphatic carbocycles. The molecule has 1 saturated heterocycles. The Morgan fingerprint density at radius 1 is 1.03 bits per heavy atom. The van der Waals surface area contributed by atoms with E-state index in [-0.39, 0.29) is 43.3 Å². The van der Waals surface area contributed by atoms with E-state index in [9.17, 15) is 32.4 Å². The summed E-state index contributed by atoms with van der Waals surface area (Å²) in [4.78, 5) is 76.1. The van der Waals surface area contributed by atoms with Gasteiger partial charge in [0.2, 0.25) is 21.8 Å². The molecule has 0 bridgehead atoms. The molecule has 342 valence electrons. The molecular formula is C45H67N7O9S. The van der Waals surface area contributed by atoms with Gasteiger partial charge in [0.1, 0.15) is 34.8 Å². The number of benzene rings is 1. The van der Waals surface area contributed by atoms with Crippen LogP contribution < -0.4 is 25.4 Å². The third-order valence-corrected chi connectivity index (χ3v) is 14.2. The molecule has 0 radical (unpaired) electrons. The fraction of sp³-hybridized carbons (Fsp3) is 0.644. The highest BCUT2D eigenvalue weighted by Crippen LogP contribution is 2.50. The second kappa shape index (κ2) is 18.4. The predicted molar refractivity (Wildman–Crippen MR) is 237 cm³/mol. The Labute approximate surface area is 366 Å². The van der Waals surface area contributed by atoms with Gasteiger partial charge < -0.3 is 30.3 Å². The highest BCUT2D eigenvalue weighted by Gasteiger charge is 2.64. The summed E-state index contributed by atoms with van der Waals surface area (Å²) in [6.07, 6.45) is 5.61. The number of nitrogens with zero attached hydrogens (tertiary/aromatic N) is 3. The number of unbranched alkanes of at least 4 members (excludes halogenated alkanes) is 1. The minimum absolute atomic E-state index is 0.0315. The first-order valence-corrected chi connectivity index (χ1v) is 23.3. The lowest BCUT2D eigenvalue weighted by atomic mass is 9.85. The second-order valence-electron chi connectivity index (χ2n) is 19.4. The Bertz CT molecular complexity index is 2170. The van der Waals surface area contributed by atoms with Crippen molar-refractivity contribution in [3.63, 3.8) is 0 Å². The largest absolute Gasteiger partial charge is 0.459 e. The van der Waals surface area contributed by atoms with Crippen LogP contribution in [0.3, 0.4) is 0 Å². The molecule has 16 nitrogen and oxygen atoms in total. The number of para-hydroxylation sites is 1. The molecule has 0 unspecified atom stereocenters. The number of hydrogen-bond donors (Lipinski definition) is 4. The van der Waals surface area contributed by atoms with Gasteiger partial charge >= 0.3 is 6.09 Å². The highest BCUT2D eigenvalue weighted by atomic mass is 32.2. The van der Waals surface area contributed by atoms with E-state index in [2.05, 4.69) is 33.8 Å². The molecule has 2 saturated carbocycles. The molecule has 3 aliphatic rings. The zero-order chi connectivity index (χ0) is 46.0. The molecule has 1 aromatic heterocycles. The summed E-state index contributed by atoms with van der Waals surface area (Å²) in [7, 11) is -4.07.